The smallest absolute Gasteiger partial charge is 0.335 e. The van der Waals surface area contributed by atoms with Gasteiger partial charge in [-0.25, -0.2) is 17.6 Å². The number of benzene rings is 2. The summed E-state index contributed by atoms with van der Waals surface area (Å²) in [7, 11) is -3.70. The molecule has 1 fully saturated rings. The van der Waals surface area contributed by atoms with E-state index in [1.165, 1.54) is 40.7 Å². The number of carboxylic acids is 1. The summed E-state index contributed by atoms with van der Waals surface area (Å²) in [5, 5.41) is 9.05. The van der Waals surface area contributed by atoms with Gasteiger partial charge in [-0.1, -0.05) is 18.2 Å². The van der Waals surface area contributed by atoms with Gasteiger partial charge in [-0.3, -0.25) is 0 Å². The summed E-state index contributed by atoms with van der Waals surface area (Å²) in [4.78, 5) is 11.1. The van der Waals surface area contributed by atoms with E-state index in [0.29, 0.717) is 19.0 Å². The molecule has 1 heterocycles. The third-order valence-electron chi connectivity index (χ3n) is 4.73. The lowest BCUT2D eigenvalue weighted by Gasteiger charge is -2.31. The molecule has 138 valence electrons. The molecule has 1 N–H and O–H groups in total. The number of rotatable bonds is 5. The summed E-state index contributed by atoms with van der Waals surface area (Å²) in [6.07, 6.45) is 2.23. The van der Waals surface area contributed by atoms with Crippen molar-refractivity contribution in [3.8, 4) is 0 Å². The molecule has 3 rings (SSSR count). The number of sulfonamides is 1. The van der Waals surface area contributed by atoms with Crippen LogP contribution in [0.5, 0.6) is 0 Å². The van der Waals surface area contributed by atoms with Gasteiger partial charge in [-0.15, -0.1) is 0 Å². The molecule has 2 aromatic rings. The van der Waals surface area contributed by atoms with E-state index in [1.54, 1.807) is 12.1 Å². The zero-order valence-electron chi connectivity index (χ0n) is 14.1. The molecule has 26 heavy (non-hydrogen) atoms. The molecule has 1 aliphatic rings. The molecule has 0 bridgehead atoms. The van der Waals surface area contributed by atoms with Crippen LogP contribution in [0.2, 0.25) is 0 Å². The standard InChI is InChI=1S/C19H20FNO4S/c20-17-6-4-14(5-7-17)12-15-8-10-21(11-9-15)26(24,25)18-3-1-2-16(13-18)19(22)23/h1-7,13,15H,8-12H2,(H,22,23). The van der Waals surface area contributed by atoms with Gasteiger partial charge < -0.3 is 5.11 Å². The molecule has 7 heteroatoms. The molecule has 0 unspecified atom stereocenters. The minimum Gasteiger partial charge on any atom is -0.478 e. The molecule has 1 aliphatic heterocycles. The molecule has 2 aromatic carbocycles. The Balaban J connectivity index is 1.66. The van der Waals surface area contributed by atoms with Gasteiger partial charge >= 0.3 is 5.97 Å². The lowest BCUT2D eigenvalue weighted by molar-refractivity contribution is 0.0696. The second-order valence-corrected chi connectivity index (χ2v) is 8.45. The monoisotopic (exact) mass is 377 g/mol. The molecule has 0 atom stereocenters. The molecule has 0 aromatic heterocycles. The van der Waals surface area contributed by atoms with Crippen LogP contribution < -0.4 is 0 Å². The van der Waals surface area contributed by atoms with Crippen LogP contribution >= 0.6 is 0 Å². The molecule has 5 nitrogen and oxygen atoms in total. The van der Waals surface area contributed by atoms with E-state index < -0.39 is 16.0 Å². The van der Waals surface area contributed by atoms with Crippen LogP contribution in [0, 0.1) is 11.7 Å². The Morgan fingerprint density at radius 2 is 1.77 bits per heavy atom. The fraction of sp³-hybridized carbons (Fsp3) is 0.316. The predicted octanol–water partition coefficient (Wildman–Crippen LogP) is 3.17. The van der Waals surface area contributed by atoms with Crippen molar-refractivity contribution in [3.05, 3.63) is 65.5 Å². The topological polar surface area (TPSA) is 74.7 Å². The Morgan fingerprint density at radius 3 is 2.38 bits per heavy atom. The fourth-order valence-electron chi connectivity index (χ4n) is 3.25. The van der Waals surface area contributed by atoms with Crippen LogP contribution in [0.1, 0.15) is 28.8 Å². The second-order valence-electron chi connectivity index (χ2n) is 6.51. The van der Waals surface area contributed by atoms with Crippen molar-refractivity contribution < 1.29 is 22.7 Å². The third-order valence-corrected chi connectivity index (χ3v) is 6.62. The largest absolute Gasteiger partial charge is 0.478 e. The first-order chi connectivity index (χ1) is 12.4. The SMILES string of the molecule is O=C(O)c1cccc(S(=O)(=O)N2CCC(Cc3ccc(F)cc3)CC2)c1. The summed E-state index contributed by atoms with van der Waals surface area (Å²) in [6.45, 7) is 0.789. The summed E-state index contributed by atoms with van der Waals surface area (Å²) >= 11 is 0. The van der Waals surface area contributed by atoms with E-state index in [1.807, 2.05) is 0 Å². The van der Waals surface area contributed by atoms with Gasteiger partial charge in [0.1, 0.15) is 5.82 Å². The van der Waals surface area contributed by atoms with Crippen molar-refractivity contribution in [3.63, 3.8) is 0 Å². The van der Waals surface area contributed by atoms with Crippen molar-refractivity contribution in [2.45, 2.75) is 24.2 Å². The van der Waals surface area contributed by atoms with Crippen molar-refractivity contribution in [1.82, 2.24) is 4.31 Å². The maximum atomic E-state index is 13.0. The van der Waals surface area contributed by atoms with Gasteiger partial charge in [0.05, 0.1) is 10.5 Å². The average Bonchev–Trinajstić information content (AvgIpc) is 2.64. The lowest BCUT2D eigenvalue weighted by atomic mass is 9.91. The van der Waals surface area contributed by atoms with E-state index in [9.17, 15) is 17.6 Å². The van der Waals surface area contributed by atoms with Crippen LogP contribution in [0.4, 0.5) is 4.39 Å². The van der Waals surface area contributed by atoms with Crippen molar-refractivity contribution >= 4 is 16.0 Å². The Morgan fingerprint density at radius 1 is 1.12 bits per heavy atom. The van der Waals surface area contributed by atoms with Gasteiger partial charge in [-0.2, -0.15) is 4.31 Å². The Kier molecular flexibility index (Phi) is 5.38. The molecule has 1 saturated heterocycles. The van der Waals surface area contributed by atoms with Crippen LogP contribution in [-0.4, -0.2) is 36.9 Å². The predicted molar refractivity (Wildman–Crippen MR) is 95.0 cm³/mol. The van der Waals surface area contributed by atoms with Crippen LogP contribution in [-0.2, 0) is 16.4 Å². The first kappa shape index (κ1) is 18.5. The summed E-state index contributed by atoms with van der Waals surface area (Å²) < 4.78 is 39.9. The number of carbonyl (C=O) groups is 1. The zero-order chi connectivity index (χ0) is 18.7. The van der Waals surface area contributed by atoms with Gasteiger partial charge in [-0.05, 0) is 61.1 Å². The van der Waals surface area contributed by atoms with Crippen molar-refractivity contribution in [2.24, 2.45) is 5.92 Å². The number of carboxylic acid groups (broad SMARTS) is 1. The molecule has 0 spiro atoms. The number of piperidine rings is 1. The number of nitrogens with zero attached hydrogens (tertiary/aromatic N) is 1. The van der Waals surface area contributed by atoms with E-state index in [4.69, 9.17) is 5.11 Å². The summed E-state index contributed by atoms with van der Waals surface area (Å²) in [5.74, 6) is -1.07. The summed E-state index contributed by atoms with van der Waals surface area (Å²) in [6, 6.07) is 11.8. The highest BCUT2D eigenvalue weighted by Gasteiger charge is 2.29. The van der Waals surface area contributed by atoms with E-state index >= 15 is 0 Å². The first-order valence-electron chi connectivity index (χ1n) is 8.44. The minimum absolute atomic E-state index is 0.00869. The van der Waals surface area contributed by atoms with Gasteiger partial charge in [0.15, 0.2) is 0 Å². The van der Waals surface area contributed by atoms with E-state index in [0.717, 1.165) is 24.8 Å². The van der Waals surface area contributed by atoms with Crippen LogP contribution in [0.3, 0.4) is 0 Å². The number of hydrogen-bond donors (Lipinski definition) is 1. The highest BCUT2D eigenvalue weighted by Crippen LogP contribution is 2.26. The highest BCUT2D eigenvalue weighted by molar-refractivity contribution is 7.89. The first-order valence-corrected chi connectivity index (χ1v) is 9.88. The van der Waals surface area contributed by atoms with Crippen LogP contribution in [0.15, 0.2) is 53.4 Å². The Labute approximate surface area is 152 Å². The Bertz CT molecular complexity index is 888. The molecular weight excluding hydrogens is 357 g/mol. The molecule has 0 radical (unpaired) electrons. The van der Waals surface area contributed by atoms with Gasteiger partial charge in [0.2, 0.25) is 10.0 Å². The molecule has 0 amide bonds. The number of aromatic carboxylic acids is 1. The average molecular weight is 377 g/mol. The third kappa shape index (κ3) is 4.11. The molecule has 0 saturated carbocycles. The molecular formula is C19H20FNO4S. The zero-order valence-corrected chi connectivity index (χ0v) is 15.0. The summed E-state index contributed by atoms with van der Waals surface area (Å²) in [5.41, 5.74) is 0.999. The normalized spacial score (nSPS) is 16.5. The van der Waals surface area contributed by atoms with E-state index in [2.05, 4.69) is 0 Å². The minimum atomic E-state index is -3.70. The lowest BCUT2D eigenvalue weighted by Crippen LogP contribution is -2.38. The fourth-order valence-corrected chi connectivity index (χ4v) is 4.76. The Hall–Kier alpha value is -2.25. The van der Waals surface area contributed by atoms with Crippen molar-refractivity contribution in [2.75, 3.05) is 13.1 Å². The van der Waals surface area contributed by atoms with Crippen molar-refractivity contribution in [1.29, 1.82) is 0 Å². The maximum Gasteiger partial charge on any atom is 0.335 e. The highest BCUT2D eigenvalue weighted by atomic mass is 32.2. The second kappa shape index (κ2) is 7.55. The van der Waals surface area contributed by atoms with Gasteiger partial charge in [0, 0.05) is 13.1 Å². The molecule has 0 aliphatic carbocycles. The number of hydrogen-bond acceptors (Lipinski definition) is 3. The quantitative estimate of drug-likeness (QED) is 0.869. The van der Waals surface area contributed by atoms with Crippen LogP contribution in [0.25, 0.3) is 0 Å². The van der Waals surface area contributed by atoms with E-state index in [-0.39, 0.29) is 16.3 Å². The number of halogens is 1. The van der Waals surface area contributed by atoms with Gasteiger partial charge in [0.25, 0.3) is 0 Å². The maximum absolute atomic E-state index is 13.0.